The van der Waals surface area contributed by atoms with Crippen LogP contribution in [0.5, 0.6) is 5.75 Å². The van der Waals surface area contributed by atoms with Gasteiger partial charge in [-0.05, 0) is 50.4 Å². The van der Waals surface area contributed by atoms with Gasteiger partial charge in [0.2, 0.25) is 0 Å². The third-order valence-corrected chi connectivity index (χ3v) is 6.67. The minimum absolute atomic E-state index is 0.117. The van der Waals surface area contributed by atoms with Crippen LogP contribution in [-0.4, -0.2) is 43.1 Å². The minimum atomic E-state index is -0.117. The Bertz CT molecular complexity index is 1070. The summed E-state index contributed by atoms with van der Waals surface area (Å²) in [7, 11) is 0. The van der Waals surface area contributed by atoms with Gasteiger partial charge in [0.15, 0.2) is 5.76 Å². The number of carbonyl (C=O) groups is 1. The summed E-state index contributed by atoms with van der Waals surface area (Å²) in [5, 5.41) is 4.16. The molecule has 31 heavy (non-hydrogen) atoms. The van der Waals surface area contributed by atoms with E-state index >= 15 is 0 Å². The van der Waals surface area contributed by atoms with Crippen molar-refractivity contribution < 1.29 is 13.9 Å². The van der Waals surface area contributed by atoms with Gasteiger partial charge in [0, 0.05) is 29.1 Å². The molecule has 0 spiro atoms. The van der Waals surface area contributed by atoms with Crippen LogP contribution in [0.2, 0.25) is 0 Å². The Morgan fingerprint density at radius 2 is 1.94 bits per heavy atom. The van der Waals surface area contributed by atoms with Crippen LogP contribution in [-0.2, 0) is 0 Å². The molecule has 2 bridgehead atoms. The molecule has 5 heteroatoms. The van der Waals surface area contributed by atoms with Crippen molar-refractivity contribution in [1.29, 1.82) is 0 Å². The molecule has 1 N–H and O–H groups in total. The molecule has 3 aromatic rings. The van der Waals surface area contributed by atoms with Gasteiger partial charge in [-0.25, -0.2) is 0 Å². The van der Waals surface area contributed by atoms with Gasteiger partial charge in [0.05, 0.1) is 6.61 Å². The first-order valence-electron chi connectivity index (χ1n) is 11.5. The van der Waals surface area contributed by atoms with Gasteiger partial charge in [-0.15, -0.1) is 0 Å². The van der Waals surface area contributed by atoms with Gasteiger partial charge < -0.3 is 19.4 Å². The van der Waals surface area contributed by atoms with Crippen LogP contribution in [0.25, 0.3) is 22.1 Å². The van der Waals surface area contributed by atoms with Gasteiger partial charge in [-0.2, -0.15) is 0 Å². The summed E-state index contributed by atoms with van der Waals surface area (Å²) >= 11 is 0. The van der Waals surface area contributed by atoms with E-state index in [0.29, 0.717) is 18.3 Å². The highest BCUT2D eigenvalue weighted by Crippen LogP contribution is 2.36. The maximum Gasteiger partial charge on any atom is 0.287 e. The predicted octanol–water partition coefficient (Wildman–Crippen LogP) is 5.10. The molecule has 162 valence electrons. The molecule has 4 heterocycles. The van der Waals surface area contributed by atoms with Crippen molar-refractivity contribution in [3.63, 3.8) is 0 Å². The van der Waals surface area contributed by atoms with Crippen LogP contribution in [0.15, 0.2) is 52.9 Å². The number of carbonyl (C=O) groups excluding carboxylic acids is 1. The fourth-order valence-corrected chi connectivity index (χ4v) is 4.90. The lowest BCUT2D eigenvalue weighted by molar-refractivity contribution is 0.0607. The fourth-order valence-electron chi connectivity index (χ4n) is 4.90. The number of rotatable bonds is 7. The summed E-state index contributed by atoms with van der Waals surface area (Å²) < 4.78 is 12.2. The Hall–Kier alpha value is -2.79. The number of amides is 1. The lowest BCUT2D eigenvalue weighted by atomic mass is 9.84. The molecule has 2 aromatic carbocycles. The summed E-state index contributed by atoms with van der Waals surface area (Å²) in [5.41, 5.74) is 2.67. The topological polar surface area (TPSA) is 54.7 Å². The van der Waals surface area contributed by atoms with E-state index in [9.17, 15) is 4.79 Å². The Kier molecular flexibility index (Phi) is 5.68. The molecule has 0 radical (unpaired) electrons. The molecule has 5 nitrogen and oxygen atoms in total. The Balaban J connectivity index is 1.41. The van der Waals surface area contributed by atoms with Crippen molar-refractivity contribution >= 4 is 16.9 Å². The summed E-state index contributed by atoms with van der Waals surface area (Å²) in [6.07, 6.45) is 4.45. The first-order valence-corrected chi connectivity index (χ1v) is 11.5. The van der Waals surface area contributed by atoms with Crippen molar-refractivity contribution in [2.45, 2.75) is 38.6 Å². The number of unbranched alkanes of at least 4 members (excludes halogenated alkanes) is 1. The van der Waals surface area contributed by atoms with Gasteiger partial charge in [0.25, 0.3) is 5.91 Å². The van der Waals surface area contributed by atoms with E-state index in [4.69, 9.17) is 9.15 Å². The Labute approximate surface area is 183 Å². The average Bonchev–Trinajstić information content (AvgIpc) is 3.25. The average molecular weight is 419 g/mol. The normalized spacial score (nSPS) is 22.5. The molecular formula is C26H30N2O3. The predicted molar refractivity (Wildman–Crippen MR) is 122 cm³/mol. The van der Waals surface area contributed by atoms with Gasteiger partial charge in [-0.1, -0.05) is 49.7 Å². The van der Waals surface area contributed by atoms with E-state index in [1.807, 2.05) is 48.5 Å². The van der Waals surface area contributed by atoms with Crippen molar-refractivity contribution in [3.05, 3.63) is 54.3 Å². The summed E-state index contributed by atoms with van der Waals surface area (Å²) in [4.78, 5) is 15.4. The number of furan rings is 1. The summed E-state index contributed by atoms with van der Waals surface area (Å²) in [6, 6.07) is 16.1. The molecule has 3 fully saturated rings. The number of hydrogen-bond acceptors (Lipinski definition) is 4. The van der Waals surface area contributed by atoms with Gasteiger partial charge in [-0.3, -0.25) is 4.79 Å². The van der Waals surface area contributed by atoms with Crippen molar-refractivity contribution in [2.75, 3.05) is 26.2 Å². The Morgan fingerprint density at radius 1 is 1.13 bits per heavy atom. The van der Waals surface area contributed by atoms with Gasteiger partial charge >= 0.3 is 0 Å². The summed E-state index contributed by atoms with van der Waals surface area (Å²) in [6.45, 7) is 6.11. The number of nitrogens with one attached hydrogen (secondary N) is 1. The van der Waals surface area contributed by atoms with Crippen molar-refractivity contribution in [3.8, 4) is 16.9 Å². The molecule has 0 aliphatic carbocycles. The molecular weight excluding hydrogens is 388 g/mol. The van der Waals surface area contributed by atoms with E-state index < -0.39 is 0 Å². The highest BCUT2D eigenvalue weighted by molar-refractivity contribution is 6.00. The highest BCUT2D eigenvalue weighted by atomic mass is 16.5. The number of para-hydroxylation sites is 2. The second-order valence-electron chi connectivity index (χ2n) is 8.75. The largest absolute Gasteiger partial charge is 0.493 e. The molecule has 0 saturated carbocycles. The summed E-state index contributed by atoms with van der Waals surface area (Å²) in [5.74, 6) is 1.69. The van der Waals surface area contributed by atoms with Crippen LogP contribution in [0.1, 0.15) is 43.2 Å². The van der Waals surface area contributed by atoms with E-state index in [2.05, 4.69) is 17.1 Å². The molecule has 6 rings (SSSR count). The fraction of sp³-hybridized carbons (Fsp3) is 0.423. The molecule has 1 amide bonds. The van der Waals surface area contributed by atoms with E-state index in [-0.39, 0.29) is 11.9 Å². The van der Waals surface area contributed by atoms with Crippen LogP contribution in [0.3, 0.4) is 0 Å². The minimum Gasteiger partial charge on any atom is -0.493 e. The SMILES string of the molecule is CCCCOc1ccccc1-c1cccc2cc(C(=O)N[C@@H]3CN4CCC3CC4)oc12. The quantitative estimate of drug-likeness (QED) is 0.542. The number of piperidine rings is 3. The monoisotopic (exact) mass is 418 g/mol. The van der Waals surface area contributed by atoms with E-state index in [0.717, 1.165) is 60.3 Å². The smallest absolute Gasteiger partial charge is 0.287 e. The maximum absolute atomic E-state index is 13.0. The van der Waals surface area contributed by atoms with Crippen LogP contribution < -0.4 is 10.1 Å². The molecule has 0 unspecified atom stereocenters. The standard InChI is InChI=1S/C26H30N2O3/c1-2-3-15-30-23-10-5-4-8-20(23)21-9-6-7-19-16-24(31-25(19)21)26(29)27-22-17-28-13-11-18(22)12-14-28/h4-10,16,18,22H,2-3,11-15,17H2,1H3,(H,27,29)/t22-/m1/s1. The molecule has 3 aliphatic rings. The number of nitrogens with zero attached hydrogens (tertiary/aromatic N) is 1. The number of fused-ring (bicyclic) bond motifs is 4. The van der Waals surface area contributed by atoms with Crippen LogP contribution in [0.4, 0.5) is 0 Å². The third-order valence-electron chi connectivity index (χ3n) is 6.67. The molecule has 1 atom stereocenters. The van der Waals surface area contributed by atoms with Crippen LogP contribution in [0, 0.1) is 5.92 Å². The number of benzene rings is 2. The van der Waals surface area contributed by atoms with E-state index in [1.165, 1.54) is 12.8 Å². The third kappa shape index (κ3) is 4.07. The van der Waals surface area contributed by atoms with Crippen molar-refractivity contribution in [2.24, 2.45) is 5.92 Å². The number of ether oxygens (including phenoxy) is 1. The molecule has 1 aromatic heterocycles. The zero-order chi connectivity index (χ0) is 21.2. The first-order chi connectivity index (χ1) is 15.2. The zero-order valence-corrected chi connectivity index (χ0v) is 18.1. The molecule has 3 saturated heterocycles. The molecule has 3 aliphatic heterocycles. The van der Waals surface area contributed by atoms with Crippen molar-refractivity contribution in [1.82, 2.24) is 10.2 Å². The first kappa shape index (κ1) is 20.1. The van der Waals surface area contributed by atoms with E-state index in [1.54, 1.807) is 0 Å². The lowest BCUT2D eigenvalue weighted by Crippen LogP contribution is -2.57. The van der Waals surface area contributed by atoms with Crippen LogP contribution >= 0.6 is 0 Å². The van der Waals surface area contributed by atoms with Gasteiger partial charge in [0.1, 0.15) is 11.3 Å². The zero-order valence-electron chi connectivity index (χ0n) is 18.1. The second-order valence-corrected chi connectivity index (χ2v) is 8.75. The maximum atomic E-state index is 13.0. The number of hydrogen-bond donors (Lipinski definition) is 1. The lowest BCUT2D eigenvalue weighted by Gasteiger charge is -2.44. The second kappa shape index (κ2) is 8.75. The Morgan fingerprint density at radius 3 is 2.71 bits per heavy atom. The highest BCUT2D eigenvalue weighted by Gasteiger charge is 2.35.